The van der Waals surface area contributed by atoms with Crippen LogP contribution < -0.4 is 20.3 Å². The molecular formula is C44H61N5O3S. The predicted octanol–water partition coefficient (Wildman–Crippen LogP) is 7.17. The van der Waals surface area contributed by atoms with Crippen LogP contribution in [0, 0.1) is 23.2 Å². The van der Waals surface area contributed by atoms with Crippen molar-refractivity contribution in [2.75, 3.05) is 52.6 Å². The van der Waals surface area contributed by atoms with Crippen LogP contribution in [0.15, 0.2) is 66.7 Å². The van der Waals surface area contributed by atoms with E-state index in [0.717, 1.165) is 53.4 Å². The number of benzene rings is 3. The van der Waals surface area contributed by atoms with Gasteiger partial charge in [0.2, 0.25) is 5.91 Å². The predicted molar refractivity (Wildman–Crippen MR) is 220 cm³/mol. The minimum atomic E-state index is -0.266. The van der Waals surface area contributed by atoms with Crippen LogP contribution in [0.1, 0.15) is 68.9 Å². The fourth-order valence-corrected chi connectivity index (χ4v) is 10.5. The summed E-state index contributed by atoms with van der Waals surface area (Å²) in [6.45, 7) is 12.8. The number of carbonyl (C=O) groups excluding carboxylic acids is 2. The van der Waals surface area contributed by atoms with Crippen LogP contribution in [-0.4, -0.2) is 92.2 Å². The lowest BCUT2D eigenvalue weighted by atomic mass is 9.45. The van der Waals surface area contributed by atoms with Crippen LogP contribution in [0.4, 0.5) is 5.69 Å². The number of anilines is 1. The van der Waals surface area contributed by atoms with E-state index in [2.05, 4.69) is 91.5 Å². The average Bonchev–Trinajstić information content (AvgIpc) is 3.41. The average molecular weight is 740 g/mol. The van der Waals surface area contributed by atoms with Gasteiger partial charge < -0.3 is 25.2 Å². The van der Waals surface area contributed by atoms with Crippen LogP contribution in [0.2, 0.25) is 0 Å². The van der Waals surface area contributed by atoms with E-state index in [0.29, 0.717) is 35.3 Å². The lowest BCUT2D eigenvalue weighted by molar-refractivity contribution is -0.138. The zero-order valence-electron chi connectivity index (χ0n) is 33.5. The largest absolute Gasteiger partial charge is 0.496 e. The van der Waals surface area contributed by atoms with E-state index >= 15 is 0 Å². The van der Waals surface area contributed by atoms with Gasteiger partial charge in [-0.1, -0.05) is 69.3 Å². The molecule has 7 rings (SSSR count). The molecule has 286 valence electrons. The van der Waals surface area contributed by atoms with Gasteiger partial charge >= 0.3 is 0 Å². The Hall–Kier alpha value is -3.53. The third-order valence-corrected chi connectivity index (χ3v) is 13.9. The highest BCUT2D eigenvalue weighted by Gasteiger charge is 2.57. The maximum absolute atomic E-state index is 14.2. The molecule has 3 aliphatic carbocycles. The highest BCUT2D eigenvalue weighted by atomic mass is 32.2. The molecule has 4 fully saturated rings. The molecule has 53 heavy (non-hydrogen) atoms. The van der Waals surface area contributed by atoms with Crippen molar-refractivity contribution in [2.45, 2.75) is 83.3 Å². The molecule has 4 aliphatic rings. The van der Waals surface area contributed by atoms with Crippen molar-refractivity contribution in [3.8, 4) is 16.9 Å². The van der Waals surface area contributed by atoms with Crippen LogP contribution in [-0.2, 0) is 17.8 Å². The third-order valence-electron chi connectivity index (χ3n) is 12.5. The number of amides is 2. The molecule has 2 N–H and O–H groups in total. The first-order valence-corrected chi connectivity index (χ1v) is 20.2. The molecule has 8 nitrogen and oxygen atoms in total. The monoisotopic (exact) mass is 739 g/mol. The first-order valence-electron chi connectivity index (χ1n) is 19.3. The SMILES string of the molecule is COc1c(CN2CSC(C)(C)[C@H]2C(=O)N[C@H]2C[C@@H]3C[C@@H]([C@@H]2C)C3(C)C)cccc1-c1cc(C(=O)N[C@@H](Cc2ccccc2)CN(C)C)cc(N(C)C)c1. The maximum atomic E-state index is 14.2. The van der Waals surface area contributed by atoms with Crippen molar-refractivity contribution in [2.24, 2.45) is 23.2 Å². The summed E-state index contributed by atoms with van der Waals surface area (Å²) in [7, 11) is 9.77. The van der Waals surface area contributed by atoms with E-state index in [1.807, 2.05) is 75.2 Å². The Kier molecular flexibility index (Phi) is 11.6. The maximum Gasteiger partial charge on any atom is 0.251 e. The van der Waals surface area contributed by atoms with Crippen LogP contribution in [0.25, 0.3) is 11.1 Å². The van der Waals surface area contributed by atoms with E-state index in [4.69, 9.17) is 4.74 Å². The summed E-state index contributed by atoms with van der Waals surface area (Å²) < 4.78 is 5.95. The van der Waals surface area contributed by atoms with Crippen molar-refractivity contribution in [3.63, 3.8) is 0 Å². The summed E-state index contributed by atoms with van der Waals surface area (Å²) in [5, 5.41) is 6.88. The summed E-state index contributed by atoms with van der Waals surface area (Å²) in [5.41, 5.74) is 5.94. The molecule has 1 heterocycles. The third kappa shape index (κ3) is 8.27. The number of nitrogens with one attached hydrogen (secondary N) is 2. The molecular weight excluding hydrogens is 679 g/mol. The quantitative estimate of drug-likeness (QED) is 0.193. The number of ether oxygens (including phenoxy) is 1. The second-order valence-electron chi connectivity index (χ2n) is 17.4. The second-order valence-corrected chi connectivity index (χ2v) is 19.0. The molecule has 6 atom stereocenters. The van der Waals surface area contributed by atoms with E-state index in [9.17, 15) is 9.59 Å². The van der Waals surface area contributed by atoms with E-state index in [-0.39, 0.29) is 34.7 Å². The Morgan fingerprint density at radius 3 is 2.36 bits per heavy atom. The van der Waals surface area contributed by atoms with Gasteiger partial charge in [-0.3, -0.25) is 14.5 Å². The van der Waals surface area contributed by atoms with Gasteiger partial charge in [0.1, 0.15) is 11.8 Å². The highest BCUT2D eigenvalue weighted by Crippen LogP contribution is 2.61. The van der Waals surface area contributed by atoms with E-state index in [1.165, 1.54) is 12.0 Å². The van der Waals surface area contributed by atoms with Crippen molar-refractivity contribution < 1.29 is 14.3 Å². The lowest BCUT2D eigenvalue weighted by Crippen LogP contribution is -2.63. The van der Waals surface area contributed by atoms with Crippen molar-refractivity contribution in [1.82, 2.24) is 20.4 Å². The van der Waals surface area contributed by atoms with Gasteiger partial charge in [-0.15, -0.1) is 11.8 Å². The minimum absolute atomic E-state index is 0.0594. The normalized spacial score (nSPS) is 25.0. The Bertz CT molecular complexity index is 1780. The zero-order valence-corrected chi connectivity index (χ0v) is 34.3. The molecule has 2 bridgehead atoms. The first kappa shape index (κ1) is 39.2. The minimum Gasteiger partial charge on any atom is -0.496 e. The molecule has 3 aromatic carbocycles. The molecule has 1 saturated heterocycles. The Morgan fingerprint density at radius 1 is 0.981 bits per heavy atom. The molecule has 0 spiro atoms. The molecule has 3 saturated carbocycles. The van der Waals surface area contributed by atoms with Gasteiger partial charge in [0, 0.05) is 72.3 Å². The first-order chi connectivity index (χ1) is 25.1. The van der Waals surface area contributed by atoms with Gasteiger partial charge in [-0.2, -0.15) is 0 Å². The summed E-state index contributed by atoms with van der Waals surface area (Å²) in [5.74, 6) is 3.40. The number of methoxy groups -OCH3 is 1. The number of hydrogen-bond acceptors (Lipinski definition) is 7. The molecule has 0 aromatic heterocycles. The highest BCUT2D eigenvalue weighted by molar-refractivity contribution is 8.00. The lowest BCUT2D eigenvalue weighted by Gasteiger charge is -2.62. The molecule has 2 amide bonds. The topological polar surface area (TPSA) is 77.1 Å². The molecule has 0 radical (unpaired) electrons. The number of likely N-dealkylation sites (N-methyl/N-ethyl adjacent to an activating group) is 1. The Balaban J connectivity index is 1.24. The smallest absolute Gasteiger partial charge is 0.251 e. The van der Waals surface area contributed by atoms with E-state index < -0.39 is 0 Å². The summed E-state index contributed by atoms with van der Waals surface area (Å²) in [6.07, 6.45) is 3.11. The van der Waals surface area contributed by atoms with Crippen molar-refractivity contribution >= 4 is 29.3 Å². The summed E-state index contributed by atoms with van der Waals surface area (Å²) >= 11 is 1.84. The number of nitrogens with zero attached hydrogens (tertiary/aromatic N) is 3. The molecule has 9 heteroatoms. The van der Waals surface area contributed by atoms with Crippen molar-refractivity contribution in [1.29, 1.82) is 0 Å². The van der Waals surface area contributed by atoms with Crippen LogP contribution in [0.3, 0.4) is 0 Å². The number of rotatable bonds is 13. The Morgan fingerprint density at radius 2 is 1.72 bits per heavy atom. The fraction of sp³-hybridized carbons (Fsp3) is 0.545. The Labute approximate surface area is 322 Å². The number of hydrogen-bond donors (Lipinski definition) is 2. The summed E-state index contributed by atoms with van der Waals surface area (Å²) in [6, 6.07) is 22.5. The van der Waals surface area contributed by atoms with Gasteiger partial charge in [-0.25, -0.2) is 0 Å². The zero-order chi connectivity index (χ0) is 38.2. The molecule has 1 aliphatic heterocycles. The standard InChI is InChI=1S/C44H61N5O3S/c1-28-37-23-33(43(37,2)3)24-38(28)46-42(51)40-44(4,5)53-27-49(40)25-30-17-14-18-36(39(30)52-10)31-20-32(22-35(21-31)48(8)9)41(50)45-34(26-47(6)7)19-29-15-12-11-13-16-29/h11-18,20-22,28,33-34,37-38,40H,19,23-27H2,1-10H3,(H,45,50)(H,46,51)/t28-,33-,34-,37-,38-,40+/m0/s1. The molecule has 3 aromatic rings. The van der Waals surface area contributed by atoms with E-state index in [1.54, 1.807) is 7.11 Å². The van der Waals surface area contributed by atoms with Gasteiger partial charge in [-0.05, 0) is 99.7 Å². The number of thioether (sulfide) groups is 1. The fourth-order valence-electron chi connectivity index (χ4n) is 9.38. The van der Waals surface area contributed by atoms with Crippen molar-refractivity contribution in [3.05, 3.63) is 83.4 Å². The van der Waals surface area contributed by atoms with Gasteiger partial charge in [0.25, 0.3) is 5.91 Å². The number of fused-ring (bicyclic) bond motifs is 2. The van der Waals surface area contributed by atoms with Crippen LogP contribution >= 0.6 is 11.8 Å². The number of carbonyl (C=O) groups is 2. The van der Waals surface area contributed by atoms with Crippen LogP contribution in [0.5, 0.6) is 5.75 Å². The molecule has 0 unspecified atom stereocenters. The van der Waals surface area contributed by atoms with Gasteiger partial charge in [0.15, 0.2) is 0 Å². The summed E-state index contributed by atoms with van der Waals surface area (Å²) in [4.78, 5) is 34.6. The van der Waals surface area contributed by atoms with Gasteiger partial charge in [0.05, 0.1) is 7.11 Å². The second kappa shape index (κ2) is 15.7. The number of para-hydroxylation sites is 1.